The smallest absolute Gasteiger partial charge is 0.162 e. The minimum Gasteiger partial charge on any atom is -0.493 e. The molecule has 0 fully saturated rings. The fraction of sp³-hybridized carbons (Fsp3) is 0.240. The summed E-state index contributed by atoms with van der Waals surface area (Å²) in [6.07, 6.45) is 0.834. The van der Waals surface area contributed by atoms with Gasteiger partial charge in [0.15, 0.2) is 11.5 Å². The van der Waals surface area contributed by atoms with E-state index in [2.05, 4.69) is 56.3 Å². The second kappa shape index (κ2) is 9.98. The number of halogens is 1. The Hall–Kier alpha value is -2.83. The first kappa shape index (κ1) is 21.4. The summed E-state index contributed by atoms with van der Waals surface area (Å²) in [6, 6.07) is 20.4. The van der Waals surface area contributed by atoms with Crippen LogP contribution in [0.3, 0.4) is 0 Å². The number of aromatic amines is 1. The summed E-state index contributed by atoms with van der Waals surface area (Å²) < 4.78 is 12.6. The number of methoxy groups -OCH3 is 1. The lowest BCUT2D eigenvalue weighted by molar-refractivity contribution is 0.284. The molecule has 0 saturated heterocycles. The Labute approximate surface area is 190 Å². The van der Waals surface area contributed by atoms with Crippen LogP contribution in [0.25, 0.3) is 11.0 Å². The highest BCUT2D eigenvalue weighted by Crippen LogP contribution is 2.34. The molecule has 0 aliphatic heterocycles. The highest BCUT2D eigenvalue weighted by atomic mass is 79.9. The van der Waals surface area contributed by atoms with Gasteiger partial charge < -0.3 is 19.8 Å². The topological polar surface area (TPSA) is 59.2 Å². The van der Waals surface area contributed by atoms with Crippen LogP contribution in [0.5, 0.6) is 11.5 Å². The van der Waals surface area contributed by atoms with Crippen molar-refractivity contribution in [1.29, 1.82) is 0 Å². The Morgan fingerprint density at radius 2 is 1.90 bits per heavy atom. The van der Waals surface area contributed by atoms with Gasteiger partial charge in [-0.2, -0.15) is 0 Å². The number of H-pyrrole nitrogens is 1. The average Bonchev–Trinajstić information content (AvgIpc) is 3.19. The van der Waals surface area contributed by atoms with Crippen LogP contribution in [0.2, 0.25) is 0 Å². The van der Waals surface area contributed by atoms with Crippen LogP contribution in [0.1, 0.15) is 22.5 Å². The van der Waals surface area contributed by atoms with Crippen LogP contribution in [-0.4, -0.2) is 23.6 Å². The molecular formula is C25H26BrN3O2. The molecule has 2 N–H and O–H groups in total. The third-order valence-electron chi connectivity index (χ3n) is 5.10. The van der Waals surface area contributed by atoms with Crippen molar-refractivity contribution in [2.75, 3.05) is 13.7 Å². The second-order valence-corrected chi connectivity index (χ2v) is 8.35. The zero-order valence-corrected chi connectivity index (χ0v) is 19.3. The van der Waals surface area contributed by atoms with Gasteiger partial charge in [0, 0.05) is 24.0 Å². The van der Waals surface area contributed by atoms with Crippen LogP contribution in [0.15, 0.2) is 65.1 Å². The van der Waals surface area contributed by atoms with E-state index >= 15 is 0 Å². The van der Waals surface area contributed by atoms with E-state index in [0.29, 0.717) is 6.61 Å². The van der Waals surface area contributed by atoms with Crippen molar-refractivity contribution >= 4 is 27.0 Å². The average molecular weight is 480 g/mol. The molecule has 0 bridgehead atoms. The number of rotatable bonds is 9. The molecule has 0 unspecified atom stereocenters. The van der Waals surface area contributed by atoms with Crippen molar-refractivity contribution in [1.82, 2.24) is 15.3 Å². The number of fused-ring (bicyclic) bond motifs is 1. The molecule has 0 aliphatic rings. The zero-order chi connectivity index (χ0) is 21.6. The molecule has 0 spiro atoms. The summed E-state index contributed by atoms with van der Waals surface area (Å²) in [4.78, 5) is 7.99. The van der Waals surface area contributed by atoms with Crippen LogP contribution in [0, 0.1) is 6.92 Å². The number of aryl methyl sites for hydroxylation is 1. The molecule has 6 heteroatoms. The second-order valence-electron chi connectivity index (χ2n) is 7.50. The Morgan fingerprint density at radius 3 is 2.71 bits per heavy atom. The van der Waals surface area contributed by atoms with Crippen LogP contribution in [0.4, 0.5) is 0 Å². The van der Waals surface area contributed by atoms with Gasteiger partial charge in [0.2, 0.25) is 0 Å². The lowest BCUT2D eigenvalue weighted by Gasteiger charge is -2.14. The summed E-state index contributed by atoms with van der Waals surface area (Å²) in [6.45, 7) is 4.12. The quantitative estimate of drug-likeness (QED) is 0.308. The Bertz CT molecular complexity index is 1140. The molecule has 1 aromatic heterocycles. The van der Waals surface area contributed by atoms with E-state index in [1.54, 1.807) is 7.11 Å². The Morgan fingerprint density at radius 1 is 1.03 bits per heavy atom. The number of imidazole rings is 1. The van der Waals surface area contributed by atoms with Gasteiger partial charge in [0.25, 0.3) is 0 Å². The molecule has 0 atom stereocenters. The first-order valence-corrected chi connectivity index (χ1v) is 11.1. The van der Waals surface area contributed by atoms with E-state index < -0.39 is 0 Å². The van der Waals surface area contributed by atoms with E-state index in [0.717, 1.165) is 63.5 Å². The maximum Gasteiger partial charge on any atom is 0.162 e. The minimum absolute atomic E-state index is 0.500. The van der Waals surface area contributed by atoms with Gasteiger partial charge in [-0.3, -0.25) is 0 Å². The van der Waals surface area contributed by atoms with Gasteiger partial charge in [-0.25, -0.2) is 4.98 Å². The number of benzene rings is 3. The van der Waals surface area contributed by atoms with Gasteiger partial charge in [0.05, 0.1) is 18.1 Å². The standard InChI is InChI=1S/C25H26BrN3O2/c1-17-6-5-7-18(12-17)16-31-24-14-20(26)19(13-23(24)30-2)15-27-11-10-25-28-21-8-3-4-9-22(21)29-25/h3-9,12-14,27H,10-11,15-16H2,1-2H3,(H,28,29). The summed E-state index contributed by atoms with van der Waals surface area (Å²) in [5.41, 5.74) is 5.55. The van der Waals surface area contributed by atoms with Crippen molar-refractivity contribution in [3.05, 3.63) is 87.7 Å². The van der Waals surface area contributed by atoms with Gasteiger partial charge in [-0.15, -0.1) is 0 Å². The lowest BCUT2D eigenvalue weighted by atomic mass is 10.1. The van der Waals surface area contributed by atoms with Gasteiger partial charge in [-0.05, 0) is 42.3 Å². The summed E-state index contributed by atoms with van der Waals surface area (Å²) in [5.74, 6) is 2.44. The number of nitrogens with one attached hydrogen (secondary N) is 2. The third-order valence-corrected chi connectivity index (χ3v) is 5.84. The maximum atomic E-state index is 6.03. The van der Waals surface area contributed by atoms with E-state index in [1.807, 2.05) is 42.5 Å². The van der Waals surface area contributed by atoms with Crippen molar-refractivity contribution in [2.45, 2.75) is 26.5 Å². The molecule has 0 radical (unpaired) electrons. The number of aromatic nitrogens is 2. The van der Waals surface area contributed by atoms with Gasteiger partial charge in [0.1, 0.15) is 12.4 Å². The maximum absolute atomic E-state index is 6.03. The number of nitrogens with zero attached hydrogens (tertiary/aromatic N) is 1. The predicted molar refractivity (Wildman–Crippen MR) is 128 cm³/mol. The number of ether oxygens (including phenoxy) is 2. The largest absolute Gasteiger partial charge is 0.493 e. The molecule has 1 heterocycles. The third kappa shape index (κ3) is 5.46. The van der Waals surface area contributed by atoms with E-state index in [9.17, 15) is 0 Å². The van der Waals surface area contributed by atoms with Crippen LogP contribution >= 0.6 is 15.9 Å². The van der Waals surface area contributed by atoms with E-state index in [-0.39, 0.29) is 0 Å². The molecule has 0 saturated carbocycles. The molecule has 31 heavy (non-hydrogen) atoms. The van der Waals surface area contributed by atoms with Crippen molar-refractivity contribution < 1.29 is 9.47 Å². The monoisotopic (exact) mass is 479 g/mol. The summed E-state index contributed by atoms with van der Waals surface area (Å²) in [7, 11) is 1.67. The first-order valence-electron chi connectivity index (χ1n) is 10.3. The molecule has 0 amide bonds. The Kier molecular flexibility index (Phi) is 6.89. The van der Waals surface area contributed by atoms with Crippen molar-refractivity contribution in [3.8, 4) is 11.5 Å². The summed E-state index contributed by atoms with van der Waals surface area (Å²) >= 11 is 3.67. The number of hydrogen-bond acceptors (Lipinski definition) is 4. The minimum atomic E-state index is 0.500. The van der Waals surface area contributed by atoms with Gasteiger partial charge in [-0.1, -0.05) is 57.9 Å². The molecule has 0 aliphatic carbocycles. The molecule has 160 valence electrons. The summed E-state index contributed by atoms with van der Waals surface area (Å²) in [5, 5.41) is 3.48. The normalized spacial score (nSPS) is 11.1. The zero-order valence-electron chi connectivity index (χ0n) is 17.7. The molecule has 4 aromatic rings. The van der Waals surface area contributed by atoms with E-state index in [1.165, 1.54) is 5.56 Å². The molecule has 5 nitrogen and oxygen atoms in total. The molecular weight excluding hydrogens is 454 g/mol. The van der Waals surface area contributed by atoms with Crippen molar-refractivity contribution in [3.63, 3.8) is 0 Å². The predicted octanol–water partition coefficient (Wildman–Crippen LogP) is 5.55. The van der Waals surface area contributed by atoms with E-state index in [4.69, 9.17) is 9.47 Å². The van der Waals surface area contributed by atoms with Crippen LogP contribution in [-0.2, 0) is 19.6 Å². The van der Waals surface area contributed by atoms with Gasteiger partial charge >= 0.3 is 0 Å². The number of para-hydroxylation sites is 2. The van der Waals surface area contributed by atoms with Crippen LogP contribution < -0.4 is 14.8 Å². The first-order chi connectivity index (χ1) is 15.1. The van der Waals surface area contributed by atoms with Crippen molar-refractivity contribution in [2.24, 2.45) is 0 Å². The highest BCUT2D eigenvalue weighted by Gasteiger charge is 2.11. The lowest BCUT2D eigenvalue weighted by Crippen LogP contribution is -2.17. The SMILES string of the molecule is COc1cc(CNCCc2nc3ccccc3[nH]2)c(Br)cc1OCc1cccc(C)c1. The fourth-order valence-corrected chi connectivity index (χ4v) is 3.96. The fourth-order valence-electron chi connectivity index (χ4n) is 3.50. The highest BCUT2D eigenvalue weighted by molar-refractivity contribution is 9.10. The molecule has 4 rings (SSSR count). The number of hydrogen-bond donors (Lipinski definition) is 2. The molecule has 3 aromatic carbocycles. The Balaban J connectivity index is 1.34.